The third-order valence-corrected chi connectivity index (χ3v) is 3.89. The molecule has 0 spiro atoms. The van der Waals surface area contributed by atoms with E-state index in [1.54, 1.807) is 36.7 Å². The van der Waals surface area contributed by atoms with Gasteiger partial charge in [-0.3, -0.25) is 4.98 Å². The second kappa shape index (κ2) is 6.10. The number of pyridine rings is 1. The van der Waals surface area contributed by atoms with Gasteiger partial charge in [0.1, 0.15) is 5.52 Å². The first-order chi connectivity index (χ1) is 11.7. The Morgan fingerprint density at radius 2 is 2.04 bits per heavy atom. The molecule has 7 heteroatoms. The highest BCUT2D eigenvalue weighted by Gasteiger charge is 2.13. The maximum atomic E-state index is 10.2. The third kappa shape index (κ3) is 2.91. The number of aromatic nitrogens is 2. The summed E-state index contributed by atoms with van der Waals surface area (Å²) < 4.78 is 11.6. The summed E-state index contributed by atoms with van der Waals surface area (Å²) in [6, 6.07) is 12.5. The van der Waals surface area contributed by atoms with Crippen LogP contribution in [-0.2, 0) is 0 Å². The highest BCUT2D eigenvalue weighted by molar-refractivity contribution is 9.10. The van der Waals surface area contributed by atoms with E-state index in [1.807, 2.05) is 18.2 Å². The van der Waals surface area contributed by atoms with Crippen molar-refractivity contribution in [1.82, 2.24) is 9.97 Å². The number of aliphatic hydroxyl groups excluding tert-OH is 1. The predicted molar refractivity (Wildman–Crippen MR) is 92.2 cm³/mol. The number of nitrogens with one attached hydrogen (secondary N) is 1. The van der Waals surface area contributed by atoms with E-state index in [1.165, 1.54) is 0 Å². The van der Waals surface area contributed by atoms with E-state index in [4.69, 9.17) is 8.83 Å². The molecule has 0 amide bonds. The molecule has 4 aromatic rings. The van der Waals surface area contributed by atoms with Crippen LogP contribution in [0.2, 0.25) is 0 Å². The minimum Gasteiger partial charge on any atom is -0.450 e. The van der Waals surface area contributed by atoms with Gasteiger partial charge in [0.05, 0.1) is 5.56 Å². The van der Waals surface area contributed by atoms with Crippen LogP contribution in [-0.4, -0.2) is 15.1 Å². The average Bonchev–Trinajstić information content (AvgIpc) is 3.21. The van der Waals surface area contributed by atoms with E-state index in [0.717, 1.165) is 5.56 Å². The standard InChI is InChI=1S/C17H12BrN3O3/c18-15-6-5-14(23-15)16(22)20-11-3-4-13-12(8-11)21-17(24-13)10-2-1-7-19-9-10/h1-9,16,20,22H. The summed E-state index contributed by atoms with van der Waals surface area (Å²) in [7, 11) is 0. The number of nitrogens with zero attached hydrogens (tertiary/aromatic N) is 2. The molecule has 3 aromatic heterocycles. The quantitative estimate of drug-likeness (QED) is 0.508. The van der Waals surface area contributed by atoms with Crippen LogP contribution in [0.25, 0.3) is 22.6 Å². The smallest absolute Gasteiger partial charge is 0.228 e. The van der Waals surface area contributed by atoms with E-state index < -0.39 is 6.23 Å². The van der Waals surface area contributed by atoms with Crippen molar-refractivity contribution in [3.63, 3.8) is 0 Å². The second-order valence-electron chi connectivity index (χ2n) is 5.13. The van der Waals surface area contributed by atoms with Gasteiger partial charge in [-0.25, -0.2) is 4.98 Å². The Bertz CT molecular complexity index is 981. The minimum absolute atomic E-state index is 0.415. The average molecular weight is 386 g/mol. The molecule has 24 heavy (non-hydrogen) atoms. The van der Waals surface area contributed by atoms with Crippen LogP contribution in [0.3, 0.4) is 0 Å². The van der Waals surface area contributed by atoms with Gasteiger partial charge < -0.3 is 19.3 Å². The molecule has 1 aromatic carbocycles. The lowest BCUT2D eigenvalue weighted by Crippen LogP contribution is -2.08. The Morgan fingerprint density at radius 1 is 1.12 bits per heavy atom. The summed E-state index contributed by atoms with van der Waals surface area (Å²) >= 11 is 3.21. The normalized spacial score (nSPS) is 12.4. The van der Waals surface area contributed by atoms with Crippen molar-refractivity contribution < 1.29 is 13.9 Å². The molecule has 3 heterocycles. The molecule has 0 radical (unpaired) electrons. The Morgan fingerprint density at radius 3 is 2.79 bits per heavy atom. The van der Waals surface area contributed by atoms with Gasteiger partial charge in [-0.15, -0.1) is 0 Å². The van der Waals surface area contributed by atoms with Crippen molar-refractivity contribution in [3.8, 4) is 11.5 Å². The Hall–Kier alpha value is -2.64. The molecule has 1 unspecified atom stereocenters. The molecular formula is C17H12BrN3O3. The number of furan rings is 1. The van der Waals surface area contributed by atoms with Gasteiger partial charge >= 0.3 is 0 Å². The number of aliphatic hydroxyl groups is 1. The molecule has 0 aliphatic carbocycles. The Labute approximate surface area is 145 Å². The van der Waals surface area contributed by atoms with E-state index in [-0.39, 0.29) is 0 Å². The number of hydrogen-bond donors (Lipinski definition) is 2. The number of oxazole rings is 1. The summed E-state index contributed by atoms with van der Waals surface area (Å²) in [6.07, 6.45) is 2.43. The lowest BCUT2D eigenvalue weighted by atomic mass is 10.2. The van der Waals surface area contributed by atoms with Crippen molar-refractivity contribution in [2.75, 3.05) is 5.32 Å². The Balaban J connectivity index is 1.61. The van der Waals surface area contributed by atoms with Crippen LogP contribution < -0.4 is 5.32 Å². The van der Waals surface area contributed by atoms with Gasteiger partial charge in [-0.2, -0.15) is 0 Å². The van der Waals surface area contributed by atoms with Gasteiger partial charge in [0.2, 0.25) is 5.89 Å². The van der Waals surface area contributed by atoms with Gasteiger partial charge in [0, 0.05) is 18.1 Å². The predicted octanol–water partition coefficient (Wildman–Crippen LogP) is 4.35. The molecular weight excluding hydrogens is 374 g/mol. The lowest BCUT2D eigenvalue weighted by molar-refractivity contribution is 0.176. The molecule has 120 valence electrons. The zero-order valence-electron chi connectivity index (χ0n) is 12.3. The maximum Gasteiger partial charge on any atom is 0.228 e. The zero-order valence-corrected chi connectivity index (χ0v) is 13.9. The summed E-state index contributed by atoms with van der Waals surface area (Å²) in [4.78, 5) is 8.53. The first-order valence-corrected chi connectivity index (χ1v) is 7.99. The van der Waals surface area contributed by atoms with Crippen LogP contribution in [0, 0.1) is 0 Å². The van der Waals surface area contributed by atoms with Crippen LogP contribution in [0.4, 0.5) is 5.69 Å². The second-order valence-corrected chi connectivity index (χ2v) is 5.91. The number of rotatable bonds is 4. The number of halogens is 1. The fourth-order valence-electron chi connectivity index (χ4n) is 2.33. The zero-order chi connectivity index (χ0) is 16.5. The van der Waals surface area contributed by atoms with Crippen LogP contribution in [0.1, 0.15) is 12.0 Å². The van der Waals surface area contributed by atoms with E-state index >= 15 is 0 Å². The summed E-state index contributed by atoms with van der Waals surface area (Å²) in [5.74, 6) is 0.920. The highest BCUT2D eigenvalue weighted by atomic mass is 79.9. The first kappa shape index (κ1) is 14.9. The molecule has 0 bridgehead atoms. The number of hydrogen-bond acceptors (Lipinski definition) is 6. The number of anilines is 1. The van der Waals surface area contributed by atoms with Gasteiger partial charge in [0.15, 0.2) is 22.2 Å². The summed E-state index contributed by atoms with van der Waals surface area (Å²) in [6.45, 7) is 0. The minimum atomic E-state index is -0.960. The van der Waals surface area contributed by atoms with Crippen LogP contribution in [0.5, 0.6) is 0 Å². The molecule has 0 aliphatic heterocycles. The number of fused-ring (bicyclic) bond motifs is 1. The van der Waals surface area contributed by atoms with Crippen molar-refractivity contribution in [2.24, 2.45) is 0 Å². The first-order valence-electron chi connectivity index (χ1n) is 7.20. The van der Waals surface area contributed by atoms with Crippen molar-refractivity contribution >= 4 is 32.7 Å². The fourth-order valence-corrected chi connectivity index (χ4v) is 2.65. The van der Waals surface area contributed by atoms with Crippen molar-refractivity contribution in [3.05, 3.63) is 65.3 Å². The van der Waals surface area contributed by atoms with Crippen molar-refractivity contribution in [1.29, 1.82) is 0 Å². The van der Waals surface area contributed by atoms with E-state index in [9.17, 15) is 5.11 Å². The Kier molecular flexibility index (Phi) is 3.79. The third-order valence-electron chi connectivity index (χ3n) is 3.46. The SMILES string of the molecule is OC(Nc1ccc2oc(-c3cccnc3)nc2c1)c1ccc(Br)o1. The van der Waals surface area contributed by atoms with Gasteiger partial charge in [0.25, 0.3) is 0 Å². The fraction of sp³-hybridized carbons (Fsp3) is 0.0588. The molecule has 0 aliphatic rings. The largest absolute Gasteiger partial charge is 0.450 e. The van der Waals surface area contributed by atoms with E-state index in [2.05, 4.69) is 31.2 Å². The van der Waals surface area contributed by atoms with Gasteiger partial charge in [-0.05, 0) is 58.4 Å². The molecule has 4 rings (SSSR count). The lowest BCUT2D eigenvalue weighted by Gasteiger charge is -2.11. The summed E-state index contributed by atoms with van der Waals surface area (Å²) in [5, 5.41) is 13.1. The van der Waals surface area contributed by atoms with E-state index in [0.29, 0.717) is 33.1 Å². The molecule has 1 atom stereocenters. The maximum absolute atomic E-state index is 10.2. The molecule has 2 N–H and O–H groups in total. The number of benzene rings is 1. The molecule has 0 saturated carbocycles. The molecule has 0 saturated heterocycles. The highest BCUT2D eigenvalue weighted by Crippen LogP contribution is 2.27. The van der Waals surface area contributed by atoms with Gasteiger partial charge in [-0.1, -0.05) is 0 Å². The van der Waals surface area contributed by atoms with Crippen LogP contribution >= 0.6 is 15.9 Å². The molecule has 0 fully saturated rings. The monoisotopic (exact) mass is 385 g/mol. The molecule has 6 nitrogen and oxygen atoms in total. The van der Waals surface area contributed by atoms with Crippen molar-refractivity contribution in [2.45, 2.75) is 6.23 Å². The van der Waals surface area contributed by atoms with Crippen LogP contribution in [0.15, 0.2) is 68.4 Å². The summed E-state index contributed by atoms with van der Waals surface area (Å²) in [5.41, 5.74) is 2.86. The topological polar surface area (TPSA) is 84.3 Å².